The average molecular weight is 790 g/mol. The van der Waals surface area contributed by atoms with Crippen LogP contribution in [0.15, 0.2) is 24.3 Å². The molecule has 0 bridgehead atoms. The van der Waals surface area contributed by atoms with E-state index in [1.54, 1.807) is 0 Å². The number of nitrogens with one attached hydrogen (secondary N) is 1. The smallest absolute Gasteiger partial charge is 0.220 e. The van der Waals surface area contributed by atoms with Gasteiger partial charge in [0, 0.05) is 6.42 Å². The monoisotopic (exact) mass is 790 g/mol. The molecule has 3 atom stereocenters. The normalized spacial score (nSPS) is 13.6. The van der Waals surface area contributed by atoms with Crippen molar-refractivity contribution in [3.63, 3.8) is 0 Å². The van der Waals surface area contributed by atoms with Crippen LogP contribution in [0.1, 0.15) is 271 Å². The van der Waals surface area contributed by atoms with E-state index in [9.17, 15) is 20.1 Å². The SMILES string of the molecule is CCCCCCCCCCCCCCCC/C=C/CC/C=C/CCCC(O)C(O)C(CO)NC(=O)CCCCCCCCCCCCCCCCCCCCC. The zero-order valence-corrected chi connectivity index (χ0v) is 37.8. The lowest BCUT2D eigenvalue weighted by Gasteiger charge is -2.26. The second kappa shape index (κ2) is 46.5. The van der Waals surface area contributed by atoms with Crippen LogP contribution in [0, 0.1) is 0 Å². The van der Waals surface area contributed by atoms with Gasteiger partial charge in [-0.25, -0.2) is 0 Å². The van der Waals surface area contributed by atoms with Crippen LogP contribution in [0.2, 0.25) is 0 Å². The molecule has 0 aromatic rings. The Kier molecular flexibility index (Phi) is 45.5. The van der Waals surface area contributed by atoms with Crippen LogP contribution < -0.4 is 5.32 Å². The molecule has 0 aliphatic heterocycles. The first-order chi connectivity index (χ1) is 27.6. The van der Waals surface area contributed by atoms with Gasteiger partial charge in [-0.1, -0.05) is 237 Å². The number of carbonyl (C=O) groups excluding carboxylic acids is 1. The molecule has 1 amide bonds. The first kappa shape index (κ1) is 54.8. The van der Waals surface area contributed by atoms with Gasteiger partial charge in [0.25, 0.3) is 0 Å². The van der Waals surface area contributed by atoms with Crippen LogP contribution >= 0.6 is 0 Å². The molecule has 0 rings (SSSR count). The van der Waals surface area contributed by atoms with E-state index in [2.05, 4.69) is 43.5 Å². The van der Waals surface area contributed by atoms with E-state index in [-0.39, 0.29) is 12.5 Å². The second-order valence-electron chi connectivity index (χ2n) is 17.4. The van der Waals surface area contributed by atoms with Crippen LogP contribution in [-0.4, -0.2) is 46.1 Å². The third kappa shape index (κ3) is 41.0. The molecule has 0 saturated carbocycles. The maximum absolute atomic E-state index is 12.5. The Morgan fingerprint density at radius 3 is 1.09 bits per heavy atom. The van der Waals surface area contributed by atoms with Gasteiger partial charge >= 0.3 is 0 Å². The van der Waals surface area contributed by atoms with Crippen LogP contribution in [0.5, 0.6) is 0 Å². The highest BCUT2D eigenvalue weighted by Crippen LogP contribution is 2.17. The highest BCUT2D eigenvalue weighted by atomic mass is 16.3. The summed E-state index contributed by atoms with van der Waals surface area (Å²) in [4.78, 5) is 12.5. The lowest BCUT2D eigenvalue weighted by molar-refractivity contribution is -0.124. The van der Waals surface area contributed by atoms with Gasteiger partial charge in [-0.15, -0.1) is 0 Å². The van der Waals surface area contributed by atoms with Crippen molar-refractivity contribution in [1.29, 1.82) is 0 Å². The summed E-state index contributed by atoms with van der Waals surface area (Å²) in [5.41, 5.74) is 0. The summed E-state index contributed by atoms with van der Waals surface area (Å²) in [7, 11) is 0. The Bertz CT molecular complexity index is 829. The maximum Gasteiger partial charge on any atom is 0.220 e. The molecular weight excluding hydrogens is 691 g/mol. The Hall–Kier alpha value is -1.17. The van der Waals surface area contributed by atoms with Gasteiger partial charge in [-0.05, 0) is 51.4 Å². The summed E-state index contributed by atoms with van der Waals surface area (Å²) in [6.45, 7) is 4.19. The van der Waals surface area contributed by atoms with E-state index >= 15 is 0 Å². The summed E-state index contributed by atoms with van der Waals surface area (Å²) in [6.07, 6.45) is 57.4. The molecule has 0 aliphatic rings. The molecule has 0 fully saturated rings. The molecule has 4 N–H and O–H groups in total. The number of hydrogen-bond donors (Lipinski definition) is 4. The molecule has 0 saturated heterocycles. The highest BCUT2D eigenvalue weighted by Gasteiger charge is 2.26. The Labute approximate surface area is 350 Å². The number of rotatable bonds is 46. The average Bonchev–Trinajstić information content (AvgIpc) is 3.20. The molecule has 5 nitrogen and oxygen atoms in total. The molecule has 0 spiro atoms. The maximum atomic E-state index is 12.5. The summed E-state index contributed by atoms with van der Waals surface area (Å²) in [5.74, 6) is -0.154. The molecule has 0 aliphatic carbocycles. The standard InChI is InChI=1S/C51H99NO4/c1-3-5-7-9-11-13-15-17-19-21-23-24-25-26-28-29-31-33-35-37-39-41-43-45-49(54)51(56)48(47-53)52-50(55)46-44-42-40-38-36-34-32-30-27-22-20-18-16-14-12-10-8-6-4-2/h29,31,37,39,48-49,51,53-54,56H,3-28,30,32-36,38,40-47H2,1-2H3,(H,52,55)/b31-29+,39-37+. The number of unbranched alkanes of at least 4 members (excludes halogenated alkanes) is 34. The predicted octanol–water partition coefficient (Wildman–Crippen LogP) is 14.9. The van der Waals surface area contributed by atoms with Gasteiger partial charge in [0.05, 0.1) is 18.8 Å². The fourth-order valence-corrected chi connectivity index (χ4v) is 7.89. The van der Waals surface area contributed by atoms with Gasteiger partial charge in [0.2, 0.25) is 5.91 Å². The molecule has 3 unspecified atom stereocenters. The first-order valence-electron chi connectivity index (χ1n) is 25.1. The zero-order chi connectivity index (χ0) is 40.8. The third-order valence-corrected chi connectivity index (χ3v) is 11.8. The number of hydrogen-bond acceptors (Lipinski definition) is 4. The minimum atomic E-state index is -1.16. The minimum absolute atomic E-state index is 0.154. The van der Waals surface area contributed by atoms with E-state index in [0.717, 1.165) is 44.9 Å². The molecule has 5 heteroatoms. The Morgan fingerprint density at radius 1 is 0.429 bits per heavy atom. The van der Waals surface area contributed by atoms with Gasteiger partial charge < -0.3 is 20.6 Å². The van der Waals surface area contributed by atoms with Gasteiger partial charge in [0.1, 0.15) is 6.10 Å². The largest absolute Gasteiger partial charge is 0.394 e. The van der Waals surface area contributed by atoms with Crippen molar-refractivity contribution >= 4 is 5.91 Å². The van der Waals surface area contributed by atoms with E-state index in [4.69, 9.17) is 0 Å². The third-order valence-electron chi connectivity index (χ3n) is 11.8. The topological polar surface area (TPSA) is 89.8 Å². The van der Waals surface area contributed by atoms with E-state index in [1.165, 1.54) is 199 Å². The number of amides is 1. The molecule has 332 valence electrons. The van der Waals surface area contributed by atoms with Crippen LogP contribution in [-0.2, 0) is 4.79 Å². The van der Waals surface area contributed by atoms with Crippen molar-refractivity contribution < 1.29 is 20.1 Å². The highest BCUT2D eigenvalue weighted by molar-refractivity contribution is 5.76. The summed E-state index contributed by atoms with van der Waals surface area (Å²) >= 11 is 0. The van der Waals surface area contributed by atoms with Crippen molar-refractivity contribution in [2.24, 2.45) is 0 Å². The van der Waals surface area contributed by atoms with Crippen molar-refractivity contribution in [2.45, 2.75) is 289 Å². The summed E-state index contributed by atoms with van der Waals surface area (Å²) in [6, 6.07) is -0.829. The van der Waals surface area contributed by atoms with E-state index < -0.39 is 18.2 Å². The number of allylic oxidation sites excluding steroid dienone is 4. The fourth-order valence-electron chi connectivity index (χ4n) is 7.89. The lowest BCUT2D eigenvalue weighted by Crippen LogP contribution is -2.50. The first-order valence-corrected chi connectivity index (χ1v) is 25.1. The molecule has 0 aromatic heterocycles. The van der Waals surface area contributed by atoms with Gasteiger partial charge in [-0.3, -0.25) is 4.79 Å². The van der Waals surface area contributed by atoms with Gasteiger partial charge in [0.15, 0.2) is 0 Å². The molecule has 56 heavy (non-hydrogen) atoms. The molecule has 0 radical (unpaired) electrons. The predicted molar refractivity (Wildman–Crippen MR) is 245 cm³/mol. The number of carbonyl (C=O) groups is 1. The van der Waals surface area contributed by atoms with Crippen LogP contribution in [0.3, 0.4) is 0 Å². The zero-order valence-electron chi connectivity index (χ0n) is 37.8. The Balaban J connectivity index is 3.63. The van der Waals surface area contributed by atoms with E-state index in [1.807, 2.05) is 0 Å². The van der Waals surface area contributed by atoms with Crippen molar-refractivity contribution in [3.8, 4) is 0 Å². The minimum Gasteiger partial charge on any atom is -0.394 e. The number of aliphatic hydroxyl groups is 3. The summed E-state index contributed by atoms with van der Waals surface area (Å²) in [5, 5.41) is 33.6. The van der Waals surface area contributed by atoms with Crippen molar-refractivity contribution in [2.75, 3.05) is 6.61 Å². The van der Waals surface area contributed by atoms with E-state index in [0.29, 0.717) is 12.8 Å². The van der Waals surface area contributed by atoms with Gasteiger partial charge in [-0.2, -0.15) is 0 Å². The quantitative estimate of drug-likeness (QED) is 0.0365. The Morgan fingerprint density at radius 2 is 0.732 bits per heavy atom. The van der Waals surface area contributed by atoms with Crippen molar-refractivity contribution in [3.05, 3.63) is 24.3 Å². The molecule has 0 aromatic carbocycles. The fraction of sp³-hybridized carbons (Fsp3) is 0.902. The number of aliphatic hydroxyl groups excluding tert-OH is 3. The van der Waals surface area contributed by atoms with Crippen LogP contribution in [0.25, 0.3) is 0 Å². The van der Waals surface area contributed by atoms with Crippen molar-refractivity contribution in [1.82, 2.24) is 5.32 Å². The van der Waals surface area contributed by atoms with Crippen LogP contribution in [0.4, 0.5) is 0 Å². The summed E-state index contributed by atoms with van der Waals surface area (Å²) < 4.78 is 0. The lowest BCUT2D eigenvalue weighted by atomic mass is 10.0. The second-order valence-corrected chi connectivity index (χ2v) is 17.4. The molecular formula is C51H99NO4. The molecule has 0 heterocycles.